The molecule has 2 aliphatic heterocycles. The molecule has 1 fully saturated rings. The Morgan fingerprint density at radius 1 is 1.28 bits per heavy atom. The Morgan fingerprint density at radius 3 is 3.08 bits per heavy atom. The van der Waals surface area contributed by atoms with Gasteiger partial charge in [0.15, 0.2) is 0 Å². The molecule has 0 saturated carbocycles. The van der Waals surface area contributed by atoms with E-state index in [0.29, 0.717) is 12.5 Å². The van der Waals surface area contributed by atoms with Crippen LogP contribution in [0.2, 0.25) is 0 Å². The van der Waals surface area contributed by atoms with Crippen molar-refractivity contribution in [2.45, 2.75) is 31.9 Å². The van der Waals surface area contributed by atoms with Crippen LogP contribution in [-0.2, 0) is 4.74 Å². The van der Waals surface area contributed by atoms with Crippen molar-refractivity contribution in [2.75, 3.05) is 18.5 Å². The molecule has 1 N–H and O–H groups in total. The predicted octanol–water partition coefficient (Wildman–Crippen LogP) is 5.19. The predicted molar refractivity (Wildman–Crippen MR) is 101 cm³/mol. The third-order valence-corrected chi connectivity index (χ3v) is 5.21. The number of aryl methyl sites for hydroxylation is 1. The molecule has 3 nitrogen and oxygen atoms in total. The summed E-state index contributed by atoms with van der Waals surface area (Å²) in [6.07, 6.45) is 4.24. The smallest absolute Gasteiger partial charge is 0.120 e. The van der Waals surface area contributed by atoms with Gasteiger partial charge in [-0.15, -0.1) is 0 Å². The first-order valence-electron chi connectivity index (χ1n) is 9.08. The Kier molecular flexibility index (Phi) is 4.50. The van der Waals surface area contributed by atoms with Crippen LogP contribution < -0.4 is 10.1 Å². The molecule has 3 atom stereocenters. The topological polar surface area (TPSA) is 30.5 Å². The molecule has 0 aromatic heterocycles. The lowest BCUT2D eigenvalue weighted by Crippen LogP contribution is -2.36. The highest BCUT2D eigenvalue weighted by Crippen LogP contribution is 2.49. The Balaban J connectivity index is 1.70. The van der Waals surface area contributed by atoms with Crippen molar-refractivity contribution in [3.8, 4) is 5.75 Å². The Morgan fingerprint density at radius 2 is 2.20 bits per heavy atom. The van der Waals surface area contributed by atoms with Crippen LogP contribution in [0.25, 0.3) is 0 Å². The van der Waals surface area contributed by atoms with Crippen molar-refractivity contribution in [1.82, 2.24) is 0 Å². The number of ether oxygens (including phenoxy) is 2. The summed E-state index contributed by atoms with van der Waals surface area (Å²) in [5.74, 6) is 1.33. The molecule has 2 heterocycles. The Labute approximate surface area is 149 Å². The molecule has 25 heavy (non-hydrogen) atoms. The summed E-state index contributed by atoms with van der Waals surface area (Å²) in [6.45, 7) is 7.24. The van der Waals surface area contributed by atoms with Crippen LogP contribution in [-0.4, -0.2) is 13.2 Å². The number of anilines is 1. The number of hydrogen-bond acceptors (Lipinski definition) is 3. The van der Waals surface area contributed by atoms with Crippen LogP contribution in [0.1, 0.15) is 41.7 Å². The molecule has 1 unspecified atom stereocenters. The van der Waals surface area contributed by atoms with Crippen molar-refractivity contribution in [2.24, 2.45) is 5.92 Å². The minimum atomic E-state index is 0.174. The van der Waals surface area contributed by atoms with E-state index >= 15 is 0 Å². The number of nitrogens with one attached hydrogen (secondary N) is 1. The van der Waals surface area contributed by atoms with E-state index in [-0.39, 0.29) is 12.1 Å². The van der Waals surface area contributed by atoms with E-state index in [2.05, 4.69) is 55.2 Å². The molecule has 2 aliphatic rings. The molecule has 0 aliphatic carbocycles. The second-order valence-electron chi connectivity index (χ2n) is 6.98. The molecule has 0 bridgehead atoms. The summed E-state index contributed by atoms with van der Waals surface area (Å²) >= 11 is 0. The molecule has 0 spiro atoms. The molecule has 0 amide bonds. The second kappa shape index (κ2) is 6.93. The van der Waals surface area contributed by atoms with Gasteiger partial charge in [0.25, 0.3) is 0 Å². The van der Waals surface area contributed by atoms with Crippen LogP contribution in [0.3, 0.4) is 0 Å². The lowest BCUT2D eigenvalue weighted by molar-refractivity contribution is -0.0381. The van der Waals surface area contributed by atoms with E-state index in [4.69, 9.17) is 9.47 Å². The first kappa shape index (κ1) is 16.2. The third-order valence-electron chi connectivity index (χ3n) is 5.21. The van der Waals surface area contributed by atoms with Crippen LogP contribution in [0.5, 0.6) is 5.75 Å². The van der Waals surface area contributed by atoms with Gasteiger partial charge in [-0.05, 0) is 43.5 Å². The molecule has 2 aromatic carbocycles. The molecule has 0 radical (unpaired) electrons. The van der Waals surface area contributed by atoms with E-state index in [1.807, 2.05) is 6.07 Å². The van der Waals surface area contributed by atoms with Crippen LogP contribution in [0.15, 0.2) is 55.1 Å². The maximum absolute atomic E-state index is 6.23. The van der Waals surface area contributed by atoms with Gasteiger partial charge in [0.1, 0.15) is 12.4 Å². The molecule has 130 valence electrons. The van der Waals surface area contributed by atoms with Crippen molar-refractivity contribution >= 4 is 5.69 Å². The zero-order valence-electron chi connectivity index (χ0n) is 14.7. The number of hydrogen-bond donors (Lipinski definition) is 1. The maximum atomic E-state index is 6.23. The molecule has 2 aromatic rings. The van der Waals surface area contributed by atoms with Crippen molar-refractivity contribution in [1.29, 1.82) is 0 Å². The van der Waals surface area contributed by atoms with Gasteiger partial charge in [-0.3, -0.25) is 0 Å². The van der Waals surface area contributed by atoms with Crippen molar-refractivity contribution in [3.63, 3.8) is 0 Å². The summed E-state index contributed by atoms with van der Waals surface area (Å²) in [5, 5.41) is 3.77. The fourth-order valence-electron chi connectivity index (χ4n) is 4.07. The molecule has 3 heteroatoms. The third kappa shape index (κ3) is 3.16. The van der Waals surface area contributed by atoms with E-state index in [0.717, 1.165) is 18.8 Å². The first-order chi connectivity index (χ1) is 12.3. The fourth-order valence-corrected chi connectivity index (χ4v) is 4.07. The Hall–Kier alpha value is -2.26. The zero-order valence-corrected chi connectivity index (χ0v) is 14.7. The minimum Gasteiger partial charge on any atom is -0.490 e. The van der Waals surface area contributed by atoms with Gasteiger partial charge >= 0.3 is 0 Å². The summed E-state index contributed by atoms with van der Waals surface area (Å²) in [7, 11) is 0. The van der Waals surface area contributed by atoms with Gasteiger partial charge < -0.3 is 14.8 Å². The van der Waals surface area contributed by atoms with Crippen molar-refractivity contribution < 1.29 is 9.47 Å². The van der Waals surface area contributed by atoms with E-state index in [9.17, 15) is 0 Å². The van der Waals surface area contributed by atoms with Crippen molar-refractivity contribution in [3.05, 3.63) is 71.8 Å². The highest BCUT2D eigenvalue weighted by molar-refractivity contribution is 5.58. The van der Waals surface area contributed by atoms with Gasteiger partial charge in [-0.25, -0.2) is 0 Å². The molecular formula is C22H25NO2. The average molecular weight is 335 g/mol. The minimum absolute atomic E-state index is 0.174. The lowest BCUT2D eigenvalue weighted by atomic mass is 9.77. The van der Waals surface area contributed by atoms with Gasteiger partial charge in [0.05, 0.1) is 12.1 Å². The number of fused-ring (bicyclic) bond motifs is 3. The maximum Gasteiger partial charge on any atom is 0.120 e. The van der Waals surface area contributed by atoms with Gasteiger partial charge in [-0.2, -0.15) is 0 Å². The zero-order chi connectivity index (χ0) is 17.2. The van der Waals surface area contributed by atoms with Crippen LogP contribution >= 0.6 is 0 Å². The summed E-state index contributed by atoms with van der Waals surface area (Å²) < 4.78 is 12.0. The average Bonchev–Trinajstić information content (AvgIpc) is 2.66. The largest absolute Gasteiger partial charge is 0.490 e. The lowest BCUT2D eigenvalue weighted by Gasteiger charge is -2.43. The van der Waals surface area contributed by atoms with Crippen LogP contribution in [0, 0.1) is 12.8 Å². The SMILES string of the molecule is C=CCOc1cccc(C2Nc3ccc(C)cc3[C@H]3OCCC[C@@H]23)c1. The highest BCUT2D eigenvalue weighted by Gasteiger charge is 2.39. The Bertz CT molecular complexity index is 770. The number of benzene rings is 2. The molecular weight excluding hydrogens is 310 g/mol. The fraction of sp³-hybridized carbons (Fsp3) is 0.364. The van der Waals surface area contributed by atoms with E-state index in [1.54, 1.807) is 6.08 Å². The summed E-state index contributed by atoms with van der Waals surface area (Å²) in [5.41, 5.74) is 5.04. The molecule has 1 saturated heterocycles. The van der Waals surface area contributed by atoms with Crippen LogP contribution in [0.4, 0.5) is 5.69 Å². The normalized spacial score (nSPS) is 24.6. The molecule has 4 rings (SSSR count). The van der Waals surface area contributed by atoms with Gasteiger partial charge in [0, 0.05) is 23.8 Å². The number of rotatable bonds is 4. The monoisotopic (exact) mass is 335 g/mol. The summed E-state index contributed by atoms with van der Waals surface area (Å²) in [6, 6.07) is 15.3. The van der Waals surface area contributed by atoms with Gasteiger partial charge in [0.2, 0.25) is 0 Å². The standard InChI is InChI=1S/C22H25NO2/c1-3-11-24-17-7-4-6-16(14-17)21-18-8-5-12-25-22(18)19-13-15(2)9-10-20(19)23-21/h3-4,6-7,9-10,13-14,18,21-23H,1,5,8,11-12H2,2H3/t18-,21?,22-/m0/s1. The van der Waals surface area contributed by atoms with E-state index < -0.39 is 0 Å². The second-order valence-corrected chi connectivity index (χ2v) is 6.98. The highest BCUT2D eigenvalue weighted by atomic mass is 16.5. The van der Waals surface area contributed by atoms with Gasteiger partial charge in [-0.1, -0.05) is 42.5 Å². The first-order valence-corrected chi connectivity index (χ1v) is 9.08. The quantitative estimate of drug-likeness (QED) is 0.780. The summed E-state index contributed by atoms with van der Waals surface area (Å²) in [4.78, 5) is 0. The van der Waals surface area contributed by atoms with E-state index in [1.165, 1.54) is 28.8 Å².